The number of pyridine rings is 3. The number of carbonyl (C=O) groups is 1. The predicted octanol–water partition coefficient (Wildman–Crippen LogP) is 6.74. The standard InChI is InChI=1S/C45H60ClN6O4.ClH/c1-37(53)56-45-41(33-42(46)40-23-15-25-48-44(40)45)43-36-52(50-49-43)28-11-7-9-13-30-55-32-18-22-39-20-16-27-51(35-39)26-10-6-4-2-3-5-8-12-29-54-31-17-21-38-19-14-24-47-34-38;/h14-16,19-20,23-25,27,33-36H,2-13,17-18,21-22,26,28-32H2,1H3;1H/q+1;/p-1. The summed E-state index contributed by atoms with van der Waals surface area (Å²) >= 11 is 6.54. The Bertz CT molecular complexity index is 1880. The van der Waals surface area contributed by atoms with E-state index in [-0.39, 0.29) is 12.4 Å². The van der Waals surface area contributed by atoms with Crippen LogP contribution in [0.15, 0.2) is 79.6 Å². The number of hydrogen-bond donors (Lipinski definition) is 0. The highest BCUT2D eigenvalue weighted by Gasteiger charge is 2.19. The van der Waals surface area contributed by atoms with Crippen molar-refractivity contribution in [2.24, 2.45) is 0 Å². The number of nitrogens with zero attached hydrogens (tertiary/aromatic N) is 6. The number of aromatic nitrogens is 6. The maximum atomic E-state index is 11.9. The lowest BCUT2D eigenvalue weighted by atomic mass is 10.1. The van der Waals surface area contributed by atoms with Crippen molar-refractivity contribution in [3.8, 4) is 17.0 Å². The summed E-state index contributed by atoms with van der Waals surface area (Å²) in [7, 11) is 0. The van der Waals surface area contributed by atoms with Gasteiger partial charge in [-0.25, -0.2) is 4.57 Å². The first kappa shape index (κ1) is 45.7. The van der Waals surface area contributed by atoms with Crippen LogP contribution in [0.1, 0.15) is 108 Å². The molecule has 0 aliphatic rings. The number of carbonyl (C=O) groups excluding carboxylic acids is 1. The maximum absolute atomic E-state index is 11.9. The van der Waals surface area contributed by atoms with E-state index in [4.69, 9.17) is 25.8 Å². The van der Waals surface area contributed by atoms with Crippen molar-refractivity contribution < 1.29 is 36.0 Å². The lowest BCUT2D eigenvalue weighted by molar-refractivity contribution is -0.697. The van der Waals surface area contributed by atoms with E-state index in [1.54, 1.807) is 18.3 Å². The number of benzene rings is 1. The van der Waals surface area contributed by atoms with Gasteiger partial charge in [-0.15, -0.1) is 5.10 Å². The van der Waals surface area contributed by atoms with Gasteiger partial charge in [-0.3, -0.25) is 19.4 Å². The van der Waals surface area contributed by atoms with E-state index in [9.17, 15) is 4.79 Å². The molecule has 0 amide bonds. The summed E-state index contributed by atoms with van der Waals surface area (Å²) in [5.74, 6) is -0.0881. The molecule has 5 rings (SSSR count). The molecular weight excluding hydrogens is 759 g/mol. The molecule has 4 heterocycles. The molecule has 57 heavy (non-hydrogen) atoms. The van der Waals surface area contributed by atoms with E-state index in [0.717, 1.165) is 90.9 Å². The molecular formula is C45H60Cl2N6O4. The predicted molar refractivity (Wildman–Crippen MR) is 222 cm³/mol. The van der Waals surface area contributed by atoms with Crippen LogP contribution in [0.25, 0.3) is 22.2 Å². The van der Waals surface area contributed by atoms with Gasteiger partial charge in [-0.1, -0.05) is 67.8 Å². The SMILES string of the molecule is CC(=O)Oc1c(-c2cn(CCCCCCOCCCc3ccc[n+](CCCCCCCCCCOCCCc4cccnc4)c3)nn2)cc(Cl)c2cccnc12.[Cl-]. The van der Waals surface area contributed by atoms with E-state index < -0.39 is 5.97 Å². The van der Waals surface area contributed by atoms with Gasteiger partial charge in [0.1, 0.15) is 17.8 Å². The summed E-state index contributed by atoms with van der Waals surface area (Å²) in [5.41, 5.74) is 4.37. The first-order valence-corrected chi connectivity index (χ1v) is 21.1. The van der Waals surface area contributed by atoms with Crippen molar-refractivity contribution in [2.75, 3.05) is 26.4 Å². The number of esters is 1. The molecule has 12 heteroatoms. The minimum Gasteiger partial charge on any atom is -1.00 e. The summed E-state index contributed by atoms with van der Waals surface area (Å²) < 4.78 is 21.5. The molecule has 0 aliphatic heterocycles. The molecule has 0 saturated heterocycles. The molecule has 0 unspecified atom stereocenters. The number of hydrogen-bond acceptors (Lipinski definition) is 8. The summed E-state index contributed by atoms with van der Waals surface area (Å²) in [4.78, 5) is 20.5. The van der Waals surface area contributed by atoms with E-state index in [1.807, 2.05) is 35.4 Å². The zero-order valence-electron chi connectivity index (χ0n) is 33.6. The molecule has 308 valence electrons. The second-order valence-electron chi connectivity index (χ2n) is 14.6. The molecule has 1 aromatic carbocycles. The van der Waals surface area contributed by atoms with Crippen LogP contribution in [0, 0.1) is 0 Å². The van der Waals surface area contributed by atoms with Gasteiger partial charge < -0.3 is 26.6 Å². The molecule has 0 saturated carbocycles. The third-order valence-corrected chi connectivity index (χ3v) is 10.2. The Balaban J connectivity index is 0.00000720. The molecule has 0 atom stereocenters. The molecule has 0 spiro atoms. The van der Waals surface area contributed by atoms with Crippen LogP contribution in [0.5, 0.6) is 5.75 Å². The van der Waals surface area contributed by atoms with E-state index in [1.165, 1.54) is 69.4 Å². The molecule has 0 N–H and O–H groups in total. The lowest BCUT2D eigenvalue weighted by Gasteiger charge is -2.11. The van der Waals surface area contributed by atoms with Crippen LogP contribution in [0.3, 0.4) is 0 Å². The van der Waals surface area contributed by atoms with E-state index in [2.05, 4.69) is 55.4 Å². The molecule has 4 aromatic heterocycles. The van der Waals surface area contributed by atoms with Gasteiger partial charge in [-0.05, 0) is 87.3 Å². The Morgan fingerprint density at radius 3 is 2.14 bits per heavy atom. The van der Waals surface area contributed by atoms with Crippen molar-refractivity contribution in [2.45, 2.75) is 123 Å². The minimum absolute atomic E-state index is 0. The molecule has 5 aromatic rings. The quantitative estimate of drug-likeness (QED) is 0.0237. The van der Waals surface area contributed by atoms with Gasteiger partial charge in [0.2, 0.25) is 0 Å². The highest BCUT2D eigenvalue weighted by atomic mass is 35.5. The zero-order valence-corrected chi connectivity index (χ0v) is 35.1. The van der Waals surface area contributed by atoms with E-state index >= 15 is 0 Å². The first-order valence-electron chi connectivity index (χ1n) is 20.8. The third kappa shape index (κ3) is 16.8. The maximum Gasteiger partial charge on any atom is 0.308 e. The molecule has 0 bridgehead atoms. The van der Waals surface area contributed by atoms with Gasteiger partial charge in [0.05, 0.1) is 16.8 Å². The first-order chi connectivity index (χ1) is 27.6. The van der Waals surface area contributed by atoms with Crippen molar-refractivity contribution in [1.29, 1.82) is 0 Å². The van der Waals surface area contributed by atoms with Crippen molar-refractivity contribution in [3.63, 3.8) is 0 Å². The van der Waals surface area contributed by atoms with Crippen LogP contribution in [0.2, 0.25) is 5.02 Å². The number of rotatable bonds is 28. The summed E-state index contributed by atoms with van der Waals surface area (Å²) in [6.07, 6.45) is 30.5. The number of aryl methyl sites for hydroxylation is 4. The number of fused-ring (bicyclic) bond motifs is 1. The van der Waals surface area contributed by atoms with Crippen molar-refractivity contribution in [1.82, 2.24) is 25.0 Å². The lowest BCUT2D eigenvalue weighted by Crippen LogP contribution is -3.00. The Hall–Kier alpha value is -3.96. The van der Waals surface area contributed by atoms with Crippen LogP contribution in [-0.4, -0.2) is 57.4 Å². The highest BCUT2D eigenvalue weighted by Crippen LogP contribution is 2.39. The molecule has 0 aliphatic carbocycles. The molecule has 0 radical (unpaired) electrons. The second kappa shape index (κ2) is 26.9. The smallest absolute Gasteiger partial charge is 0.308 e. The zero-order chi connectivity index (χ0) is 39.0. The van der Waals surface area contributed by atoms with Crippen LogP contribution < -0.4 is 21.7 Å². The van der Waals surface area contributed by atoms with E-state index in [0.29, 0.717) is 32.9 Å². The van der Waals surface area contributed by atoms with Crippen LogP contribution in [0.4, 0.5) is 0 Å². The average Bonchev–Trinajstić information content (AvgIpc) is 3.69. The summed E-state index contributed by atoms with van der Waals surface area (Å²) in [5, 5.41) is 9.87. The minimum atomic E-state index is -0.433. The van der Waals surface area contributed by atoms with Crippen LogP contribution >= 0.6 is 11.6 Å². The van der Waals surface area contributed by atoms with Gasteiger partial charge in [0, 0.05) is 81.9 Å². The fourth-order valence-corrected chi connectivity index (χ4v) is 7.17. The van der Waals surface area contributed by atoms with Gasteiger partial charge in [0.15, 0.2) is 18.1 Å². The Morgan fingerprint density at radius 2 is 1.42 bits per heavy atom. The Kier molecular flexibility index (Phi) is 21.6. The second-order valence-corrected chi connectivity index (χ2v) is 15.0. The Labute approximate surface area is 350 Å². The molecule has 0 fully saturated rings. The van der Waals surface area contributed by atoms with Gasteiger partial charge in [0.25, 0.3) is 0 Å². The normalized spacial score (nSPS) is 11.2. The number of halogens is 2. The average molecular weight is 820 g/mol. The monoisotopic (exact) mass is 818 g/mol. The highest BCUT2D eigenvalue weighted by molar-refractivity contribution is 6.36. The topological polar surface area (TPSA) is 105 Å². The van der Waals surface area contributed by atoms with Crippen molar-refractivity contribution in [3.05, 3.63) is 95.8 Å². The third-order valence-electron chi connectivity index (χ3n) is 9.89. The summed E-state index contributed by atoms with van der Waals surface area (Å²) in [6.45, 7) is 6.53. The van der Waals surface area contributed by atoms with Crippen molar-refractivity contribution >= 4 is 28.5 Å². The fourth-order valence-electron chi connectivity index (χ4n) is 6.91. The number of unbranched alkanes of at least 4 members (excludes halogenated alkanes) is 10. The number of ether oxygens (including phenoxy) is 3. The van der Waals surface area contributed by atoms with Gasteiger partial charge in [-0.2, -0.15) is 0 Å². The Morgan fingerprint density at radius 1 is 0.772 bits per heavy atom. The fraction of sp³-hybridized carbons (Fsp3) is 0.511. The summed E-state index contributed by atoms with van der Waals surface area (Å²) in [6, 6.07) is 13.9. The largest absolute Gasteiger partial charge is 1.00 e. The van der Waals surface area contributed by atoms with Crippen LogP contribution in [-0.2, 0) is 40.2 Å². The van der Waals surface area contributed by atoms with Gasteiger partial charge >= 0.3 is 5.97 Å². The molecule has 10 nitrogen and oxygen atoms in total.